The van der Waals surface area contributed by atoms with Crippen molar-refractivity contribution < 1.29 is 0 Å². The molecular weight excluding hydrogens is 232 g/mol. The molecule has 1 saturated carbocycles. The molecule has 0 spiro atoms. The van der Waals surface area contributed by atoms with Crippen LogP contribution in [-0.4, -0.2) is 4.98 Å². The molecule has 0 aliphatic heterocycles. The Hall–Kier alpha value is -0.610. The van der Waals surface area contributed by atoms with Crippen LogP contribution in [0.25, 0.3) is 0 Å². The van der Waals surface area contributed by atoms with Gasteiger partial charge in [0.05, 0.1) is 4.47 Å². The van der Waals surface area contributed by atoms with Gasteiger partial charge in [-0.3, -0.25) is 4.79 Å². The molecule has 0 aromatic carbocycles. The minimum absolute atomic E-state index is 0.0122. The Bertz CT molecular complexity index is 370. The number of nitrogens with two attached hydrogens (primary N) is 1. The summed E-state index contributed by atoms with van der Waals surface area (Å²) in [6, 6.07) is -0.0961. The molecule has 1 aromatic heterocycles. The first-order valence-corrected chi connectivity index (χ1v) is 5.11. The Morgan fingerprint density at radius 3 is 2.85 bits per heavy atom. The maximum absolute atomic E-state index is 11.6. The predicted octanol–water partition coefficient (Wildman–Crippen LogP) is 1.55. The summed E-state index contributed by atoms with van der Waals surface area (Å²) in [4.78, 5) is 14.5. The SMILES string of the molecule is N[C@H](c1c[nH]cc(Br)c1=O)C1CC1. The lowest BCUT2D eigenvalue weighted by atomic mass is 10.1. The second kappa shape index (κ2) is 3.27. The summed E-state index contributed by atoms with van der Waals surface area (Å²) < 4.78 is 0.557. The molecule has 0 radical (unpaired) electrons. The minimum atomic E-state index is -0.0961. The van der Waals surface area contributed by atoms with E-state index < -0.39 is 0 Å². The van der Waals surface area contributed by atoms with Crippen LogP contribution in [0.15, 0.2) is 21.7 Å². The number of H-pyrrole nitrogens is 1. The molecule has 1 aromatic rings. The molecule has 0 bridgehead atoms. The topological polar surface area (TPSA) is 58.9 Å². The van der Waals surface area contributed by atoms with Crippen molar-refractivity contribution in [3.63, 3.8) is 0 Å². The van der Waals surface area contributed by atoms with Crippen LogP contribution in [-0.2, 0) is 0 Å². The lowest BCUT2D eigenvalue weighted by Gasteiger charge is -2.08. The lowest BCUT2D eigenvalue weighted by molar-refractivity contribution is 0.626. The van der Waals surface area contributed by atoms with Crippen molar-refractivity contribution in [2.75, 3.05) is 0 Å². The summed E-state index contributed by atoms with van der Waals surface area (Å²) in [5.41, 5.74) is 6.63. The summed E-state index contributed by atoms with van der Waals surface area (Å²) in [7, 11) is 0. The highest BCUT2D eigenvalue weighted by molar-refractivity contribution is 9.10. The number of pyridine rings is 1. The Balaban J connectivity index is 2.38. The molecule has 1 aliphatic carbocycles. The zero-order chi connectivity index (χ0) is 9.42. The van der Waals surface area contributed by atoms with E-state index in [4.69, 9.17) is 5.73 Å². The zero-order valence-electron chi connectivity index (χ0n) is 7.09. The largest absolute Gasteiger partial charge is 0.366 e. The van der Waals surface area contributed by atoms with Gasteiger partial charge < -0.3 is 10.7 Å². The standard InChI is InChI=1S/C9H11BrN2O/c10-7-4-12-3-6(9(7)13)8(11)5-1-2-5/h3-5,8H,1-2,11H2,(H,12,13)/t8-/m0/s1. The molecule has 1 fully saturated rings. The normalized spacial score (nSPS) is 18.6. The number of halogens is 1. The third-order valence-corrected chi connectivity index (χ3v) is 3.01. The fourth-order valence-corrected chi connectivity index (χ4v) is 1.79. The average molecular weight is 243 g/mol. The monoisotopic (exact) mass is 242 g/mol. The van der Waals surface area contributed by atoms with E-state index in [1.807, 2.05) is 0 Å². The second-order valence-corrected chi connectivity index (χ2v) is 4.31. The van der Waals surface area contributed by atoms with Crippen LogP contribution in [0.3, 0.4) is 0 Å². The van der Waals surface area contributed by atoms with E-state index in [1.165, 1.54) is 0 Å². The Morgan fingerprint density at radius 2 is 2.23 bits per heavy atom. The van der Waals surface area contributed by atoms with Crippen molar-refractivity contribution in [2.24, 2.45) is 11.7 Å². The Kier molecular flexibility index (Phi) is 2.26. The molecule has 4 heteroatoms. The van der Waals surface area contributed by atoms with Gasteiger partial charge in [0.1, 0.15) is 0 Å². The van der Waals surface area contributed by atoms with E-state index in [-0.39, 0.29) is 11.5 Å². The summed E-state index contributed by atoms with van der Waals surface area (Å²) in [6.07, 6.45) is 5.63. The zero-order valence-corrected chi connectivity index (χ0v) is 8.67. The highest BCUT2D eigenvalue weighted by atomic mass is 79.9. The average Bonchev–Trinajstić information content (AvgIpc) is 2.91. The number of aromatic nitrogens is 1. The smallest absolute Gasteiger partial charge is 0.200 e. The van der Waals surface area contributed by atoms with Crippen LogP contribution >= 0.6 is 15.9 Å². The molecule has 1 heterocycles. The van der Waals surface area contributed by atoms with Gasteiger partial charge in [-0.25, -0.2) is 0 Å². The van der Waals surface area contributed by atoms with Crippen LogP contribution < -0.4 is 11.2 Å². The molecule has 3 nitrogen and oxygen atoms in total. The van der Waals surface area contributed by atoms with E-state index >= 15 is 0 Å². The fraction of sp³-hybridized carbons (Fsp3) is 0.444. The van der Waals surface area contributed by atoms with E-state index in [2.05, 4.69) is 20.9 Å². The van der Waals surface area contributed by atoms with E-state index in [1.54, 1.807) is 12.4 Å². The van der Waals surface area contributed by atoms with Crippen LogP contribution in [0.2, 0.25) is 0 Å². The van der Waals surface area contributed by atoms with Gasteiger partial charge in [-0.15, -0.1) is 0 Å². The highest BCUT2D eigenvalue weighted by Crippen LogP contribution is 2.38. The van der Waals surface area contributed by atoms with E-state index in [0.29, 0.717) is 16.0 Å². The van der Waals surface area contributed by atoms with E-state index in [9.17, 15) is 4.79 Å². The molecule has 0 unspecified atom stereocenters. The fourth-order valence-electron chi connectivity index (χ4n) is 1.43. The maximum Gasteiger partial charge on any atom is 0.200 e. The van der Waals surface area contributed by atoms with Crippen molar-refractivity contribution in [3.05, 3.63) is 32.7 Å². The molecule has 1 atom stereocenters. The van der Waals surface area contributed by atoms with Crippen LogP contribution in [0.5, 0.6) is 0 Å². The molecule has 13 heavy (non-hydrogen) atoms. The van der Waals surface area contributed by atoms with Crippen molar-refractivity contribution in [1.82, 2.24) is 4.98 Å². The molecular formula is C9H11BrN2O. The Labute approximate surface area is 84.5 Å². The van der Waals surface area contributed by atoms with Crippen LogP contribution in [0.4, 0.5) is 0 Å². The summed E-state index contributed by atoms with van der Waals surface area (Å²) in [6.45, 7) is 0. The first kappa shape index (κ1) is 8.97. The number of rotatable bonds is 2. The molecule has 3 N–H and O–H groups in total. The van der Waals surface area contributed by atoms with Crippen LogP contribution in [0.1, 0.15) is 24.4 Å². The molecule has 0 amide bonds. The van der Waals surface area contributed by atoms with Gasteiger partial charge in [0, 0.05) is 24.0 Å². The van der Waals surface area contributed by atoms with Crippen molar-refractivity contribution in [3.8, 4) is 0 Å². The second-order valence-electron chi connectivity index (χ2n) is 3.45. The first-order valence-electron chi connectivity index (χ1n) is 4.32. The van der Waals surface area contributed by atoms with Crippen molar-refractivity contribution in [1.29, 1.82) is 0 Å². The van der Waals surface area contributed by atoms with Crippen molar-refractivity contribution in [2.45, 2.75) is 18.9 Å². The maximum atomic E-state index is 11.6. The van der Waals surface area contributed by atoms with Gasteiger partial charge in [-0.1, -0.05) is 0 Å². The summed E-state index contributed by atoms with van der Waals surface area (Å²) in [5.74, 6) is 0.510. The Morgan fingerprint density at radius 1 is 1.54 bits per heavy atom. The molecule has 70 valence electrons. The summed E-state index contributed by atoms with van der Waals surface area (Å²) >= 11 is 3.18. The third-order valence-electron chi connectivity index (χ3n) is 2.42. The molecule has 0 saturated heterocycles. The van der Waals surface area contributed by atoms with Gasteiger partial charge >= 0.3 is 0 Å². The van der Waals surface area contributed by atoms with Gasteiger partial charge in [0.15, 0.2) is 5.43 Å². The van der Waals surface area contributed by atoms with Gasteiger partial charge in [0.2, 0.25) is 0 Å². The minimum Gasteiger partial charge on any atom is -0.366 e. The summed E-state index contributed by atoms with van der Waals surface area (Å²) in [5, 5.41) is 0. The number of aromatic amines is 1. The number of hydrogen-bond donors (Lipinski definition) is 2. The van der Waals surface area contributed by atoms with Gasteiger partial charge in [-0.2, -0.15) is 0 Å². The number of nitrogens with one attached hydrogen (secondary N) is 1. The van der Waals surface area contributed by atoms with Gasteiger partial charge in [0.25, 0.3) is 0 Å². The van der Waals surface area contributed by atoms with Crippen molar-refractivity contribution >= 4 is 15.9 Å². The van der Waals surface area contributed by atoms with Gasteiger partial charge in [-0.05, 0) is 34.7 Å². The predicted molar refractivity (Wildman–Crippen MR) is 54.4 cm³/mol. The first-order chi connectivity index (χ1) is 6.20. The van der Waals surface area contributed by atoms with E-state index in [0.717, 1.165) is 12.8 Å². The molecule has 2 rings (SSSR count). The highest BCUT2D eigenvalue weighted by Gasteiger charge is 2.31. The quantitative estimate of drug-likeness (QED) is 0.827. The third kappa shape index (κ3) is 1.69. The van der Waals surface area contributed by atoms with Crippen LogP contribution in [0, 0.1) is 5.92 Å². The lowest BCUT2D eigenvalue weighted by Crippen LogP contribution is -2.22. The molecule has 1 aliphatic rings. The number of hydrogen-bond acceptors (Lipinski definition) is 2.